The normalized spacial score (nSPS) is 11.0. The SMILES string of the molecule is Cc1cc(Cl)ccc1Nc1ccc(C(F)(F)F)c(C#N)c1. The van der Waals surface area contributed by atoms with Crippen molar-refractivity contribution in [3.05, 3.63) is 58.1 Å². The van der Waals surface area contributed by atoms with Crippen molar-refractivity contribution < 1.29 is 13.2 Å². The first-order valence-electron chi connectivity index (χ1n) is 5.96. The molecule has 0 amide bonds. The first kappa shape index (κ1) is 15.2. The van der Waals surface area contributed by atoms with E-state index in [0.717, 1.165) is 11.6 Å². The number of alkyl halides is 3. The van der Waals surface area contributed by atoms with Crippen molar-refractivity contribution in [1.29, 1.82) is 5.26 Å². The predicted octanol–water partition coefficient (Wildman–Crippen LogP) is 5.28. The molecular formula is C15H10ClF3N2. The average molecular weight is 311 g/mol. The van der Waals surface area contributed by atoms with Crippen molar-refractivity contribution in [2.75, 3.05) is 5.32 Å². The fourth-order valence-electron chi connectivity index (χ4n) is 1.88. The van der Waals surface area contributed by atoms with Gasteiger partial charge in [0.05, 0.1) is 17.2 Å². The summed E-state index contributed by atoms with van der Waals surface area (Å²) in [6.45, 7) is 1.82. The number of rotatable bonds is 2. The minimum absolute atomic E-state index is 0.407. The Morgan fingerprint density at radius 2 is 1.86 bits per heavy atom. The summed E-state index contributed by atoms with van der Waals surface area (Å²) in [5.41, 5.74) is 0.608. The fraction of sp³-hybridized carbons (Fsp3) is 0.133. The molecule has 0 aromatic heterocycles. The number of halogens is 4. The second-order valence-corrected chi connectivity index (χ2v) is 4.89. The van der Waals surface area contributed by atoms with Crippen molar-refractivity contribution in [3.63, 3.8) is 0 Å². The van der Waals surface area contributed by atoms with Gasteiger partial charge in [-0.05, 0) is 48.9 Å². The molecule has 0 spiro atoms. The molecule has 0 saturated heterocycles. The molecule has 0 heterocycles. The third kappa shape index (κ3) is 3.47. The predicted molar refractivity (Wildman–Crippen MR) is 75.6 cm³/mol. The van der Waals surface area contributed by atoms with Gasteiger partial charge in [-0.1, -0.05) is 11.6 Å². The van der Waals surface area contributed by atoms with Crippen LogP contribution in [0.25, 0.3) is 0 Å². The van der Waals surface area contributed by atoms with E-state index in [1.54, 1.807) is 24.3 Å². The van der Waals surface area contributed by atoms with Gasteiger partial charge in [0.1, 0.15) is 0 Å². The first-order valence-corrected chi connectivity index (χ1v) is 6.33. The van der Waals surface area contributed by atoms with Crippen molar-refractivity contribution in [2.24, 2.45) is 0 Å². The van der Waals surface area contributed by atoms with Crippen molar-refractivity contribution >= 4 is 23.0 Å². The van der Waals surface area contributed by atoms with Gasteiger partial charge in [-0.2, -0.15) is 18.4 Å². The Labute approximate surface area is 124 Å². The van der Waals surface area contributed by atoms with E-state index in [2.05, 4.69) is 5.32 Å². The van der Waals surface area contributed by atoms with Gasteiger partial charge in [-0.15, -0.1) is 0 Å². The summed E-state index contributed by atoms with van der Waals surface area (Å²) < 4.78 is 38.1. The van der Waals surface area contributed by atoms with Gasteiger partial charge in [0.25, 0.3) is 0 Å². The summed E-state index contributed by atoms with van der Waals surface area (Å²) in [4.78, 5) is 0. The number of nitriles is 1. The van der Waals surface area contributed by atoms with Crippen LogP contribution >= 0.6 is 11.6 Å². The Kier molecular flexibility index (Phi) is 4.10. The molecular weight excluding hydrogens is 301 g/mol. The second kappa shape index (κ2) is 5.66. The molecule has 0 aliphatic heterocycles. The molecule has 0 fully saturated rings. The highest BCUT2D eigenvalue weighted by atomic mass is 35.5. The van der Waals surface area contributed by atoms with Crippen LogP contribution in [0.4, 0.5) is 24.5 Å². The lowest BCUT2D eigenvalue weighted by atomic mass is 10.1. The highest BCUT2D eigenvalue weighted by Crippen LogP contribution is 2.34. The molecule has 0 bridgehead atoms. The number of nitrogens with zero attached hydrogens (tertiary/aromatic N) is 1. The van der Waals surface area contributed by atoms with Crippen LogP contribution in [0.1, 0.15) is 16.7 Å². The van der Waals surface area contributed by atoms with Gasteiger partial charge in [0, 0.05) is 16.4 Å². The molecule has 2 aromatic rings. The second-order valence-electron chi connectivity index (χ2n) is 4.45. The summed E-state index contributed by atoms with van der Waals surface area (Å²) in [5.74, 6) is 0. The minimum atomic E-state index is -4.54. The van der Waals surface area contributed by atoms with Crippen molar-refractivity contribution in [2.45, 2.75) is 13.1 Å². The molecule has 1 N–H and O–H groups in total. The van der Waals surface area contributed by atoms with Crippen LogP contribution in [0.5, 0.6) is 0 Å². The van der Waals surface area contributed by atoms with Crippen LogP contribution in [-0.4, -0.2) is 0 Å². The van der Waals surface area contributed by atoms with Crippen LogP contribution in [0.15, 0.2) is 36.4 Å². The topological polar surface area (TPSA) is 35.8 Å². The molecule has 108 valence electrons. The third-order valence-electron chi connectivity index (χ3n) is 2.91. The van der Waals surface area contributed by atoms with E-state index in [4.69, 9.17) is 16.9 Å². The van der Waals surface area contributed by atoms with Gasteiger partial charge in [-0.25, -0.2) is 0 Å². The molecule has 0 unspecified atom stereocenters. The van der Waals surface area contributed by atoms with Gasteiger partial charge in [-0.3, -0.25) is 0 Å². The Bertz CT molecular complexity index is 718. The van der Waals surface area contributed by atoms with Crippen LogP contribution in [0, 0.1) is 18.3 Å². The van der Waals surface area contributed by atoms with E-state index in [0.29, 0.717) is 16.4 Å². The molecule has 0 atom stereocenters. The van der Waals surface area contributed by atoms with Crippen LogP contribution in [0.2, 0.25) is 5.02 Å². The van der Waals surface area contributed by atoms with Gasteiger partial charge in [0.15, 0.2) is 0 Å². The number of nitrogens with one attached hydrogen (secondary N) is 1. The zero-order chi connectivity index (χ0) is 15.6. The van der Waals surface area contributed by atoms with Crippen molar-refractivity contribution in [1.82, 2.24) is 0 Å². The Balaban J connectivity index is 2.36. The van der Waals surface area contributed by atoms with E-state index in [1.165, 1.54) is 12.1 Å². The average Bonchev–Trinajstić information content (AvgIpc) is 2.40. The molecule has 2 nitrogen and oxygen atoms in total. The van der Waals surface area contributed by atoms with Gasteiger partial charge < -0.3 is 5.32 Å². The maximum atomic E-state index is 12.7. The standard InChI is InChI=1S/C15H10ClF3N2/c1-9-6-11(16)2-5-14(9)21-12-3-4-13(15(17,18)19)10(7-12)8-20/h2-7,21H,1H3. The molecule has 0 radical (unpaired) electrons. The lowest BCUT2D eigenvalue weighted by molar-refractivity contribution is -0.137. The van der Waals surface area contributed by atoms with Crippen LogP contribution < -0.4 is 5.32 Å². The van der Waals surface area contributed by atoms with Crippen molar-refractivity contribution in [3.8, 4) is 6.07 Å². The van der Waals surface area contributed by atoms with E-state index < -0.39 is 17.3 Å². The highest BCUT2D eigenvalue weighted by Gasteiger charge is 2.33. The molecule has 2 rings (SSSR count). The molecule has 0 aliphatic carbocycles. The summed E-state index contributed by atoms with van der Waals surface area (Å²) in [6, 6.07) is 10.1. The highest BCUT2D eigenvalue weighted by molar-refractivity contribution is 6.30. The monoisotopic (exact) mass is 310 g/mol. The number of benzene rings is 2. The number of aryl methyl sites for hydroxylation is 1. The Morgan fingerprint density at radius 1 is 1.14 bits per heavy atom. The van der Waals surface area contributed by atoms with Gasteiger partial charge in [0.2, 0.25) is 0 Å². The largest absolute Gasteiger partial charge is 0.417 e. The molecule has 0 saturated carbocycles. The summed E-state index contributed by atoms with van der Waals surface area (Å²) in [5, 5.41) is 12.4. The quantitative estimate of drug-likeness (QED) is 0.819. The number of hydrogen-bond donors (Lipinski definition) is 1. The summed E-state index contributed by atoms with van der Waals surface area (Å²) in [6.07, 6.45) is -4.54. The van der Waals surface area contributed by atoms with Crippen LogP contribution in [0.3, 0.4) is 0 Å². The van der Waals surface area contributed by atoms with Crippen LogP contribution in [-0.2, 0) is 6.18 Å². The van der Waals surface area contributed by atoms with Gasteiger partial charge >= 0.3 is 6.18 Å². The third-order valence-corrected chi connectivity index (χ3v) is 3.15. The molecule has 21 heavy (non-hydrogen) atoms. The smallest absolute Gasteiger partial charge is 0.355 e. The Morgan fingerprint density at radius 3 is 2.43 bits per heavy atom. The van der Waals surface area contributed by atoms with E-state index in [9.17, 15) is 13.2 Å². The molecule has 6 heteroatoms. The van der Waals surface area contributed by atoms with E-state index in [1.807, 2.05) is 6.92 Å². The number of anilines is 2. The molecule has 0 aliphatic rings. The Hall–Kier alpha value is -2.19. The lowest BCUT2D eigenvalue weighted by Crippen LogP contribution is -2.08. The molecule has 2 aromatic carbocycles. The minimum Gasteiger partial charge on any atom is -0.355 e. The fourth-order valence-corrected chi connectivity index (χ4v) is 2.11. The zero-order valence-electron chi connectivity index (χ0n) is 10.9. The summed E-state index contributed by atoms with van der Waals surface area (Å²) in [7, 11) is 0. The zero-order valence-corrected chi connectivity index (χ0v) is 11.7. The first-order chi connectivity index (χ1) is 9.81. The van der Waals surface area contributed by atoms with E-state index >= 15 is 0 Å². The maximum absolute atomic E-state index is 12.7. The number of hydrogen-bond acceptors (Lipinski definition) is 2. The van der Waals surface area contributed by atoms with E-state index in [-0.39, 0.29) is 0 Å². The maximum Gasteiger partial charge on any atom is 0.417 e. The lowest BCUT2D eigenvalue weighted by Gasteiger charge is -2.13. The summed E-state index contributed by atoms with van der Waals surface area (Å²) >= 11 is 5.84.